The lowest BCUT2D eigenvalue weighted by atomic mass is 10.0. The van der Waals surface area contributed by atoms with Crippen molar-refractivity contribution in [2.75, 3.05) is 6.61 Å². The first kappa shape index (κ1) is 16.1. The van der Waals surface area contributed by atoms with Crippen molar-refractivity contribution in [2.24, 2.45) is 0 Å². The SMILES string of the molecule is CCC(C)(CO)NS(=O)(=O)c1ccc(CC(=O)O)s1. The first-order valence-electron chi connectivity index (χ1n) is 5.68. The molecule has 1 heterocycles. The van der Waals surface area contributed by atoms with Gasteiger partial charge in [-0.05, 0) is 25.5 Å². The minimum absolute atomic E-state index is 0.0527. The van der Waals surface area contributed by atoms with Crippen molar-refractivity contribution in [3.63, 3.8) is 0 Å². The fraction of sp³-hybridized carbons (Fsp3) is 0.545. The number of aliphatic carboxylic acids is 1. The molecule has 1 atom stereocenters. The molecule has 0 fully saturated rings. The normalized spacial score (nSPS) is 15.1. The van der Waals surface area contributed by atoms with E-state index in [4.69, 9.17) is 5.11 Å². The highest BCUT2D eigenvalue weighted by atomic mass is 32.2. The number of aliphatic hydroxyl groups excluding tert-OH is 1. The Labute approximate surface area is 116 Å². The maximum Gasteiger partial charge on any atom is 0.308 e. The summed E-state index contributed by atoms with van der Waals surface area (Å²) in [6.07, 6.45) is 0.237. The van der Waals surface area contributed by atoms with Gasteiger partial charge in [-0.3, -0.25) is 4.79 Å². The number of thiophene rings is 1. The first-order chi connectivity index (χ1) is 8.72. The summed E-state index contributed by atoms with van der Waals surface area (Å²) in [6.45, 7) is 3.06. The molecule has 108 valence electrons. The topological polar surface area (TPSA) is 104 Å². The van der Waals surface area contributed by atoms with Crippen LogP contribution in [0.3, 0.4) is 0 Å². The number of sulfonamides is 1. The molecule has 0 saturated heterocycles. The average molecular weight is 307 g/mol. The molecule has 19 heavy (non-hydrogen) atoms. The Bertz CT molecular complexity index is 545. The van der Waals surface area contributed by atoms with E-state index in [1.165, 1.54) is 12.1 Å². The molecule has 0 spiro atoms. The van der Waals surface area contributed by atoms with Crippen LogP contribution < -0.4 is 4.72 Å². The smallest absolute Gasteiger partial charge is 0.308 e. The molecule has 0 amide bonds. The van der Waals surface area contributed by atoms with Gasteiger partial charge in [-0.1, -0.05) is 6.92 Å². The summed E-state index contributed by atoms with van der Waals surface area (Å²) in [5.41, 5.74) is -0.921. The van der Waals surface area contributed by atoms with Crippen LogP contribution in [0.1, 0.15) is 25.1 Å². The fourth-order valence-corrected chi connectivity index (χ4v) is 4.15. The second kappa shape index (κ2) is 6.00. The van der Waals surface area contributed by atoms with Crippen LogP contribution in [0.15, 0.2) is 16.3 Å². The molecule has 0 aliphatic carbocycles. The van der Waals surface area contributed by atoms with E-state index in [0.717, 1.165) is 11.3 Å². The van der Waals surface area contributed by atoms with Crippen molar-refractivity contribution < 1.29 is 23.4 Å². The Morgan fingerprint density at radius 1 is 1.47 bits per heavy atom. The number of hydrogen-bond donors (Lipinski definition) is 3. The number of carboxylic acids is 1. The van der Waals surface area contributed by atoms with Crippen LogP contribution in [-0.4, -0.2) is 36.7 Å². The Morgan fingerprint density at radius 3 is 2.58 bits per heavy atom. The molecule has 1 aromatic rings. The largest absolute Gasteiger partial charge is 0.481 e. The molecule has 0 radical (unpaired) electrons. The number of rotatable bonds is 7. The quantitative estimate of drug-likeness (QED) is 0.692. The zero-order valence-electron chi connectivity index (χ0n) is 10.7. The van der Waals surface area contributed by atoms with Gasteiger partial charge in [0.15, 0.2) is 0 Å². The van der Waals surface area contributed by atoms with Crippen molar-refractivity contribution >= 4 is 27.3 Å². The van der Waals surface area contributed by atoms with E-state index in [-0.39, 0.29) is 17.2 Å². The van der Waals surface area contributed by atoms with E-state index in [0.29, 0.717) is 11.3 Å². The van der Waals surface area contributed by atoms with E-state index < -0.39 is 21.5 Å². The van der Waals surface area contributed by atoms with Gasteiger partial charge in [-0.2, -0.15) is 0 Å². The van der Waals surface area contributed by atoms with Gasteiger partial charge in [-0.25, -0.2) is 13.1 Å². The van der Waals surface area contributed by atoms with Crippen LogP contribution in [0.25, 0.3) is 0 Å². The zero-order valence-corrected chi connectivity index (χ0v) is 12.3. The van der Waals surface area contributed by atoms with Gasteiger partial charge < -0.3 is 10.2 Å². The van der Waals surface area contributed by atoms with Gasteiger partial charge in [0, 0.05) is 4.88 Å². The highest BCUT2D eigenvalue weighted by molar-refractivity contribution is 7.91. The molecule has 0 bridgehead atoms. The predicted octanol–water partition coefficient (Wildman–Crippen LogP) is 0.814. The molecule has 8 heteroatoms. The summed E-state index contributed by atoms with van der Waals surface area (Å²) in [6, 6.07) is 2.86. The first-order valence-corrected chi connectivity index (χ1v) is 7.98. The lowest BCUT2D eigenvalue weighted by Crippen LogP contribution is -2.48. The summed E-state index contributed by atoms with van der Waals surface area (Å²) < 4.78 is 26.7. The van der Waals surface area contributed by atoms with Gasteiger partial charge in [-0.15, -0.1) is 11.3 Å². The summed E-state index contributed by atoms with van der Waals surface area (Å²) in [7, 11) is -3.74. The molecule has 0 saturated carbocycles. The van der Waals surface area contributed by atoms with Crippen LogP contribution in [0.4, 0.5) is 0 Å². The average Bonchev–Trinajstić information content (AvgIpc) is 2.76. The molecule has 3 N–H and O–H groups in total. The Hall–Kier alpha value is -0.960. The molecule has 1 unspecified atom stereocenters. The van der Waals surface area contributed by atoms with Crippen molar-refractivity contribution in [3.8, 4) is 0 Å². The second-order valence-electron chi connectivity index (χ2n) is 4.47. The maximum atomic E-state index is 12.1. The predicted molar refractivity (Wildman–Crippen MR) is 71.8 cm³/mol. The van der Waals surface area contributed by atoms with E-state index >= 15 is 0 Å². The molecule has 0 aliphatic heterocycles. The van der Waals surface area contributed by atoms with Crippen LogP contribution in [0, 0.1) is 0 Å². The number of hydrogen-bond acceptors (Lipinski definition) is 5. The minimum atomic E-state index is -3.74. The highest BCUT2D eigenvalue weighted by Crippen LogP contribution is 2.24. The van der Waals surface area contributed by atoms with Crippen LogP contribution in [0.2, 0.25) is 0 Å². The molecule has 0 aromatic carbocycles. The standard InChI is InChI=1S/C11H17NO5S2/c1-3-11(2,7-13)12-19(16,17)10-5-4-8(18-10)6-9(14)15/h4-5,12-13H,3,6-7H2,1-2H3,(H,14,15). The van der Waals surface area contributed by atoms with Gasteiger partial charge in [0.1, 0.15) is 4.21 Å². The van der Waals surface area contributed by atoms with E-state index in [9.17, 15) is 18.3 Å². The Balaban J connectivity index is 2.95. The zero-order chi connectivity index (χ0) is 14.7. The molecule has 1 rings (SSSR count). The number of carbonyl (C=O) groups is 1. The van der Waals surface area contributed by atoms with Crippen LogP contribution in [0.5, 0.6) is 0 Å². The number of carboxylic acid groups (broad SMARTS) is 1. The Morgan fingerprint density at radius 2 is 2.11 bits per heavy atom. The monoisotopic (exact) mass is 307 g/mol. The third-order valence-electron chi connectivity index (χ3n) is 2.74. The lowest BCUT2D eigenvalue weighted by molar-refractivity contribution is -0.136. The molecule has 1 aromatic heterocycles. The highest BCUT2D eigenvalue weighted by Gasteiger charge is 2.29. The van der Waals surface area contributed by atoms with E-state index in [1.54, 1.807) is 13.8 Å². The van der Waals surface area contributed by atoms with E-state index in [2.05, 4.69) is 4.72 Å². The fourth-order valence-electron chi connectivity index (χ4n) is 1.34. The Kier molecular flexibility index (Phi) is 5.08. The van der Waals surface area contributed by atoms with Crippen molar-refractivity contribution in [2.45, 2.75) is 36.4 Å². The second-order valence-corrected chi connectivity index (χ2v) is 7.55. The molecule has 6 nitrogen and oxygen atoms in total. The van der Waals surface area contributed by atoms with E-state index in [1.807, 2.05) is 0 Å². The lowest BCUT2D eigenvalue weighted by Gasteiger charge is -2.26. The van der Waals surface area contributed by atoms with Crippen molar-refractivity contribution in [3.05, 3.63) is 17.0 Å². The summed E-state index contributed by atoms with van der Waals surface area (Å²) in [5.74, 6) is -1.01. The number of nitrogens with one attached hydrogen (secondary N) is 1. The van der Waals surface area contributed by atoms with Gasteiger partial charge in [0.25, 0.3) is 10.0 Å². The third kappa shape index (κ3) is 4.27. The van der Waals surface area contributed by atoms with Gasteiger partial charge >= 0.3 is 5.97 Å². The van der Waals surface area contributed by atoms with Gasteiger partial charge in [0.05, 0.1) is 18.6 Å². The van der Waals surface area contributed by atoms with Crippen molar-refractivity contribution in [1.29, 1.82) is 0 Å². The van der Waals surface area contributed by atoms with Crippen LogP contribution >= 0.6 is 11.3 Å². The molecule has 0 aliphatic rings. The maximum absolute atomic E-state index is 12.1. The summed E-state index contributed by atoms with van der Waals surface area (Å²) in [4.78, 5) is 11.0. The third-order valence-corrected chi connectivity index (χ3v) is 5.95. The van der Waals surface area contributed by atoms with Gasteiger partial charge in [0.2, 0.25) is 0 Å². The summed E-state index contributed by atoms with van der Waals surface area (Å²) in [5, 5.41) is 17.9. The molecular weight excluding hydrogens is 290 g/mol. The summed E-state index contributed by atoms with van der Waals surface area (Å²) >= 11 is 0.917. The number of aliphatic hydroxyl groups is 1. The van der Waals surface area contributed by atoms with Crippen molar-refractivity contribution in [1.82, 2.24) is 4.72 Å². The molecular formula is C11H17NO5S2. The van der Waals surface area contributed by atoms with Crippen LogP contribution in [-0.2, 0) is 21.2 Å². The minimum Gasteiger partial charge on any atom is -0.481 e.